The molecular formula is C14H20N2O4S. The number of hydrogen-bond acceptors (Lipinski definition) is 4. The largest absolute Gasteiger partial charge is 0.477 e. The highest BCUT2D eigenvalue weighted by atomic mass is 32.1. The lowest BCUT2D eigenvalue weighted by molar-refractivity contribution is -0.122. The standard InChI is InChI=1S/C14H20N2O4S/c1-9(2)16-13(18)5-3-4-12(17)15-8-10-6-7-11(21-10)14(19)20/h6-7,9H,3-5,8H2,1-2H3,(H,15,17)(H,16,18)(H,19,20). The molecule has 1 rings (SSSR count). The van der Waals surface area contributed by atoms with Gasteiger partial charge in [0.05, 0.1) is 6.54 Å². The van der Waals surface area contributed by atoms with Crippen molar-refractivity contribution in [3.63, 3.8) is 0 Å². The molecule has 0 aliphatic heterocycles. The van der Waals surface area contributed by atoms with Crippen LogP contribution in [-0.4, -0.2) is 28.9 Å². The third-order valence-electron chi connectivity index (χ3n) is 2.59. The highest BCUT2D eigenvalue weighted by Gasteiger charge is 2.09. The van der Waals surface area contributed by atoms with Crippen LogP contribution in [0.4, 0.5) is 0 Å². The molecule has 0 aromatic carbocycles. The molecule has 21 heavy (non-hydrogen) atoms. The molecule has 1 aromatic heterocycles. The van der Waals surface area contributed by atoms with Crippen molar-refractivity contribution in [2.75, 3.05) is 0 Å². The Bertz CT molecular complexity index is 511. The molecule has 0 atom stereocenters. The summed E-state index contributed by atoms with van der Waals surface area (Å²) in [5.74, 6) is -1.16. The Labute approximate surface area is 127 Å². The number of rotatable bonds is 8. The molecule has 0 saturated heterocycles. The van der Waals surface area contributed by atoms with E-state index in [1.54, 1.807) is 6.07 Å². The van der Waals surface area contributed by atoms with Crippen LogP contribution in [0.3, 0.4) is 0 Å². The lowest BCUT2D eigenvalue weighted by Gasteiger charge is -2.08. The van der Waals surface area contributed by atoms with Crippen molar-refractivity contribution < 1.29 is 19.5 Å². The van der Waals surface area contributed by atoms with Gasteiger partial charge in [0.15, 0.2) is 0 Å². The van der Waals surface area contributed by atoms with Gasteiger partial charge >= 0.3 is 5.97 Å². The normalized spacial score (nSPS) is 10.4. The maximum atomic E-state index is 11.6. The van der Waals surface area contributed by atoms with Crippen molar-refractivity contribution in [1.82, 2.24) is 10.6 Å². The van der Waals surface area contributed by atoms with Gasteiger partial charge in [0.1, 0.15) is 4.88 Å². The minimum Gasteiger partial charge on any atom is -0.477 e. The Hall–Kier alpha value is -1.89. The van der Waals surface area contributed by atoms with Crippen LogP contribution >= 0.6 is 11.3 Å². The van der Waals surface area contributed by atoms with E-state index < -0.39 is 5.97 Å². The van der Waals surface area contributed by atoms with Crippen LogP contribution in [0.2, 0.25) is 0 Å². The molecule has 0 bridgehead atoms. The highest BCUT2D eigenvalue weighted by molar-refractivity contribution is 7.13. The number of hydrogen-bond donors (Lipinski definition) is 3. The van der Waals surface area contributed by atoms with Crippen molar-refractivity contribution in [2.45, 2.75) is 45.7 Å². The van der Waals surface area contributed by atoms with E-state index in [1.165, 1.54) is 6.07 Å². The highest BCUT2D eigenvalue weighted by Crippen LogP contribution is 2.16. The average molecular weight is 312 g/mol. The molecule has 0 aliphatic carbocycles. The summed E-state index contributed by atoms with van der Waals surface area (Å²) >= 11 is 1.14. The van der Waals surface area contributed by atoms with Crippen molar-refractivity contribution in [3.8, 4) is 0 Å². The Kier molecular flexibility index (Phi) is 6.87. The fourth-order valence-electron chi connectivity index (χ4n) is 1.67. The van der Waals surface area contributed by atoms with Crippen LogP contribution < -0.4 is 10.6 Å². The van der Waals surface area contributed by atoms with Gasteiger partial charge < -0.3 is 15.7 Å². The number of aromatic carboxylic acids is 1. The van der Waals surface area contributed by atoms with Gasteiger partial charge in [0, 0.05) is 23.8 Å². The Balaban J connectivity index is 2.21. The third kappa shape index (κ3) is 6.89. The summed E-state index contributed by atoms with van der Waals surface area (Å²) in [5.41, 5.74) is 0. The predicted octanol–water partition coefficient (Wildman–Crippen LogP) is 1.76. The van der Waals surface area contributed by atoms with Crippen molar-refractivity contribution in [3.05, 3.63) is 21.9 Å². The van der Waals surface area contributed by atoms with Gasteiger partial charge in [-0.25, -0.2) is 4.79 Å². The molecule has 1 aromatic rings. The second-order valence-electron chi connectivity index (χ2n) is 4.92. The van der Waals surface area contributed by atoms with Gasteiger partial charge in [-0.1, -0.05) is 0 Å². The number of carbonyl (C=O) groups excluding carboxylic acids is 2. The van der Waals surface area contributed by atoms with Crippen molar-refractivity contribution in [1.29, 1.82) is 0 Å². The average Bonchev–Trinajstić information content (AvgIpc) is 2.84. The van der Waals surface area contributed by atoms with E-state index >= 15 is 0 Å². The van der Waals surface area contributed by atoms with Crippen LogP contribution in [0.25, 0.3) is 0 Å². The van der Waals surface area contributed by atoms with Gasteiger partial charge in [0.25, 0.3) is 0 Å². The topological polar surface area (TPSA) is 95.5 Å². The van der Waals surface area contributed by atoms with Crippen molar-refractivity contribution in [2.24, 2.45) is 0 Å². The summed E-state index contributed by atoms with van der Waals surface area (Å²) in [5, 5.41) is 14.3. The molecule has 0 radical (unpaired) electrons. The van der Waals surface area contributed by atoms with E-state index in [4.69, 9.17) is 5.11 Å². The number of carboxylic acid groups (broad SMARTS) is 1. The number of carboxylic acids is 1. The van der Waals surface area contributed by atoms with E-state index in [9.17, 15) is 14.4 Å². The molecule has 3 N–H and O–H groups in total. The van der Waals surface area contributed by atoms with Gasteiger partial charge in [-0.05, 0) is 32.4 Å². The first-order chi connectivity index (χ1) is 9.88. The van der Waals surface area contributed by atoms with Gasteiger partial charge in [-0.15, -0.1) is 11.3 Å². The molecule has 0 saturated carbocycles. The fraction of sp³-hybridized carbons (Fsp3) is 0.500. The molecule has 0 unspecified atom stereocenters. The zero-order chi connectivity index (χ0) is 15.8. The minimum atomic E-state index is -0.964. The number of nitrogens with one attached hydrogen (secondary N) is 2. The molecule has 6 nitrogen and oxygen atoms in total. The molecule has 0 aliphatic rings. The quantitative estimate of drug-likeness (QED) is 0.681. The summed E-state index contributed by atoms with van der Waals surface area (Å²) in [7, 11) is 0. The predicted molar refractivity (Wildman–Crippen MR) is 80.3 cm³/mol. The first-order valence-corrected chi connectivity index (χ1v) is 7.58. The van der Waals surface area contributed by atoms with Crippen LogP contribution in [0.15, 0.2) is 12.1 Å². The van der Waals surface area contributed by atoms with Crippen molar-refractivity contribution >= 4 is 29.1 Å². The van der Waals surface area contributed by atoms with Crippen LogP contribution in [0, 0.1) is 0 Å². The van der Waals surface area contributed by atoms with Crippen LogP contribution in [-0.2, 0) is 16.1 Å². The zero-order valence-electron chi connectivity index (χ0n) is 12.1. The number of amides is 2. The summed E-state index contributed by atoms with van der Waals surface area (Å²) in [6, 6.07) is 3.31. The maximum absolute atomic E-state index is 11.6. The molecule has 0 fully saturated rings. The van der Waals surface area contributed by atoms with Crippen LogP contribution in [0.5, 0.6) is 0 Å². The van der Waals surface area contributed by atoms with E-state index in [2.05, 4.69) is 10.6 Å². The first kappa shape index (κ1) is 17.2. The van der Waals surface area contributed by atoms with Crippen LogP contribution in [0.1, 0.15) is 47.7 Å². The molecule has 1 heterocycles. The van der Waals surface area contributed by atoms with Gasteiger partial charge in [-0.2, -0.15) is 0 Å². The van der Waals surface area contributed by atoms with E-state index in [-0.39, 0.29) is 29.2 Å². The molecule has 116 valence electrons. The minimum absolute atomic E-state index is 0.0536. The third-order valence-corrected chi connectivity index (χ3v) is 3.66. The molecule has 0 spiro atoms. The van der Waals surface area contributed by atoms with E-state index in [1.807, 2.05) is 13.8 Å². The molecular weight excluding hydrogens is 292 g/mol. The summed E-state index contributed by atoms with van der Waals surface area (Å²) in [4.78, 5) is 34.8. The van der Waals surface area contributed by atoms with E-state index in [0.29, 0.717) is 19.4 Å². The number of thiophene rings is 1. The summed E-state index contributed by atoms with van der Waals surface area (Å²) < 4.78 is 0. The fourth-order valence-corrected chi connectivity index (χ4v) is 2.45. The Morgan fingerprint density at radius 1 is 1.19 bits per heavy atom. The second-order valence-corrected chi connectivity index (χ2v) is 6.09. The smallest absolute Gasteiger partial charge is 0.345 e. The second kappa shape index (κ2) is 8.41. The maximum Gasteiger partial charge on any atom is 0.345 e. The van der Waals surface area contributed by atoms with Gasteiger partial charge in [0.2, 0.25) is 11.8 Å². The number of carbonyl (C=O) groups is 3. The summed E-state index contributed by atoms with van der Waals surface area (Å²) in [6.07, 6.45) is 1.10. The molecule has 7 heteroatoms. The summed E-state index contributed by atoms with van der Waals surface area (Å²) in [6.45, 7) is 4.09. The lowest BCUT2D eigenvalue weighted by Crippen LogP contribution is -2.30. The van der Waals surface area contributed by atoms with E-state index in [0.717, 1.165) is 16.2 Å². The first-order valence-electron chi connectivity index (χ1n) is 6.76. The lowest BCUT2D eigenvalue weighted by atomic mass is 10.2. The molecule has 2 amide bonds. The Morgan fingerprint density at radius 2 is 1.86 bits per heavy atom. The Morgan fingerprint density at radius 3 is 2.43 bits per heavy atom. The monoisotopic (exact) mass is 312 g/mol. The zero-order valence-corrected chi connectivity index (χ0v) is 13.0. The van der Waals surface area contributed by atoms with Gasteiger partial charge in [-0.3, -0.25) is 9.59 Å². The SMILES string of the molecule is CC(C)NC(=O)CCCC(=O)NCc1ccc(C(=O)O)s1.